The van der Waals surface area contributed by atoms with Crippen LogP contribution >= 0.6 is 11.6 Å². The lowest BCUT2D eigenvalue weighted by molar-refractivity contribution is -0.385. The van der Waals surface area contributed by atoms with E-state index >= 15 is 0 Å². The van der Waals surface area contributed by atoms with Crippen LogP contribution in [0.15, 0.2) is 18.2 Å². The minimum absolute atomic E-state index is 0.0503. The van der Waals surface area contributed by atoms with Crippen LogP contribution in [0.4, 0.5) is 5.69 Å². The smallest absolute Gasteiger partial charge is 0.273 e. The van der Waals surface area contributed by atoms with Crippen molar-refractivity contribution in [3.63, 3.8) is 0 Å². The molecule has 1 rings (SSSR count). The lowest BCUT2D eigenvalue weighted by atomic mass is 10.0. The van der Waals surface area contributed by atoms with E-state index in [1.165, 1.54) is 6.07 Å². The summed E-state index contributed by atoms with van der Waals surface area (Å²) < 4.78 is 0. The highest BCUT2D eigenvalue weighted by Gasteiger charge is 2.18. The lowest BCUT2D eigenvalue weighted by Crippen LogP contribution is -2.37. The van der Waals surface area contributed by atoms with Gasteiger partial charge in [-0.05, 0) is 25.8 Å². The van der Waals surface area contributed by atoms with Gasteiger partial charge in [0.15, 0.2) is 0 Å². The summed E-state index contributed by atoms with van der Waals surface area (Å²) in [7, 11) is 0. The zero-order valence-corrected chi connectivity index (χ0v) is 11.9. The first-order valence-electron chi connectivity index (χ1n) is 5.98. The summed E-state index contributed by atoms with van der Waals surface area (Å²) in [6.45, 7) is 5.42. The molecule has 0 aliphatic rings. The predicted octanol–water partition coefficient (Wildman–Crippen LogP) is 2.90. The third-order valence-corrected chi connectivity index (χ3v) is 3.61. The lowest BCUT2D eigenvalue weighted by Gasteiger charge is -2.19. The van der Waals surface area contributed by atoms with E-state index in [0.29, 0.717) is 11.4 Å². The fraction of sp³-hybridized carbons (Fsp3) is 0.462. The Morgan fingerprint density at radius 1 is 1.47 bits per heavy atom. The largest absolute Gasteiger partial charge is 0.349 e. The van der Waals surface area contributed by atoms with Crippen LogP contribution in [0.5, 0.6) is 0 Å². The van der Waals surface area contributed by atoms with E-state index in [-0.39, 0.29) is 29.1 Å². The molecule has 0 spiro atoms. The third-order valence-electron chi connectivity index (χ3n) is 3.12. The number of alkyl halides is 1. The third kappa shape index (κ3) is 3.92. The number of carbonyl (C=O) groups excluding carboxylic acids is 1. The van der Waals surface area contributed by atoms with Crippen molar-refractivity contribution in [3.8, 4) is 0 Å². The van der Waals surface area contributed by atoms with E-state index in [1.54, 1.807) is 19.1 Å². The molecule has 1 aromatic carbocycles. The molecule has 19 heavy (non-hydrogen) atoms. The molecule has 0 aliphatic carbocycles. The van der Waals surface area contributed by atoms with Gasteiger partial charge >= 0.3 is 0 Å². The predicted molar refractivity (Wildman–Crippen MR) is 74.6 cm³/mol. The van der Waals surface area contributed by atoms with Gasteiger partial charge < -0.3 is 5.32 Å². The highest BCUT2D eigenvalue weighted by Crippen LogP contribution is 2.19. The standard InChI is InChI=1S/C13H17ClN2O3/c1-8-4-5-11(6-12(8)16(18)19)13(17)15-10(3)9(2)7-14/h4-6,9-10H,7H2,1-3H3,(H,15,17). The summed E-state index contributed by atoms with van der Waals surface area (Å²) in [5, 5.41) is 13.6. The average molecular weight is 285 g/mol. The van der Waals surface area contributed by atoms with Crippen LogP contribution in [0.25, 0.3) is 0 Å². The Morgan fingerprint density at radius 3 is 2.63 bits per heavy atom. The quantitative estimate of drug-likeness (QED) is 0.513. The molecule has 0 radical (unpaired) electrons. The Bertz CT molecular complexity index is 491. The average Bonchev–Trinajstić information content (AvgIpc) is 2.37. The first kappa shape index (κ1) is 15.4. The van der Waals surface area contributed by atoms with Crippen LogP contribution in [-0.2, 0) is 0 Å². The zero-order chi connectivity index (χ0) is 14.6. The number of rotatable bonds is 5. The number of carbonyl (C=O) groups is 1. The van der Waals surface area contributed by atoms with Crippen molar-refractivity contribution in [1.82, 2.24) is 5.32 Å². The summed E-state index contributed by atoms with van der Waals surface area (Å²) in [6, 6.07) is 4.35. The van der Waals surface area contributed by atoms with Crippen molar-refractivity contribution in [1.29, 1.82) is 0 Å². The highest BCUT2D eigenvalue weighted by molar-refractivity contribution is 6.18. The number of nitro groups is 1. The van der Waals surface area contributed by atoms with Gasteiger partial charge in [0.25, 0.3) is 11.6 Å². The van der Waals surface area contributed by atoms with E-state index in [1.807, 2.05) is 13.8 Å². The summed E-state index contributed by atoms with van der Waals surface area (Å²) in [4.78, 5) is 22.3. The second kappa shape index (κ2) is 6.52. The fourth-order valence-electron chi connectivity index (χ4n) is 1.51. The minimum atomic E-state index is -0.489. The van der Waals surface area contributed by atoms with Crippen LogP contribution in [0.2, 0.25) is 0 Å². The number of benzene rings is 1. The molecule has 1 aromatic rings. The van der Waals surface area contributed by atoms with Gasteiger partial charge in [0, 0.05) is 29.1 Å². The van der Waals surface area contributed by atoms with E-state index in [9.17, 15) is 14.9 Å². The number of amides is 1. The second-order valence-electron chi connectivity index (χ2n) is 4.65. The van der Waals surface area contributed by atoms with Gasteiger partial charge in [-0.15, -0.1) is 11.6 Å². The number of hydrogen-bond donors (Lipinski definition) is 1. The van der Waals surface area contributed by atoms with Crippen LogP contribution in [0.1, 0.15) is 29.8 Å². The van der Waals surface area contributed by atoms with Gasteiger partial charge in [-0.2, -0.15) is 0 Å². The Kier molecular flexibility index (Phi) is 5.30. The van der Waals surface area contributed by atoms with E-state index in [4.69, 9.17) is 11.6 Å². The van der Waals surface area contributed by atoms with Gasteiger partial charge in [-0.3, -0.25) is 14.9 Å². The molecule has 0 saturated carbocycles. The highest BCUT2D eigenvalue weighted by atomic mass is 35.5. The van der Waals surface area contributed by atoms with E-state index in [0.717, 1.165) is 0 Å². The summed E-state index contributed by atoms with van der Waals surface area (Å²) in [6.07, 6.45) is 0. The minimum Gasteiger partial charge on any atom is -0.349 e. The molecule has 6 heteroatoms. The Labute approximate surface area is 117 Å². The number of nitrogens with zero attached hydrogens (tertiary/aromatic N) is 1. The maximum Gasteiger partial charge on any atom is 0.273 e. The van der Waals surface area contributed by atoms with Crippen LogP contribution in [-0.4, -0.2) is 22.8 Å². The molecule has 2 unspecified atom stereocenters. The molecule has 0 aliphatic heterocycles. The van der Waals surface area contributed by atoms with Gasteiger partial charge in [0.1, 0.15) is 0 Å². The SMILES string of the molecule is Cc1ccc(C(=O)NC(C)C(C)CCl)cc1[N+](=O)[O-]. The summed E-state index contributed by atoms with van der Waals surface area (Å²) in [5.41, 5.74) is 0.764. The van der Waals surface area contributed by atoms with Gasteiger partial charge in [-0.25, -0.2) is 0 Å². The maximum atomic E-state index is 12.0. The normalized spacial score (nSPS) is 13.7. The molecule has 0 heterocycles. The van der Waals surface area contributed by atoms with E-state index < -0.39 is 4.92 Å². The van der Waals surface area contributed by atoms with Crippen LogP contribution < -0.4 is 5.32 Å². The molecule has 0 bridgehead atoms. The molecule has 0 saturated heterocycles. The fourth-order valence-corrected chi connectivity index (χ4v) is 1.78. The van der Waals surface area contributed by atoms with Crippen molar-refractivity contribution < 1.29 is 9.72 Å². The molecular formula is C13H17ClN2O3. The number of aryl methyl sites for hydroxylation is 1. The van der Waals surface area contributed by atoms with Crippen molar-refractivity contribution in [2.24, 2.45) is 5.92 Å². The Balaban J connectivity index is 2.89. The molecule has 1 N–H and O–H groups in total. The molecule has 2 atom stereocenters. The topological polar surface area (TPSA) is 72.2 Å². The number of hydrogen-bond acceptors (Lipinski definition) is 3. The van der Waals surface area contributed by atoms with Crippen molar-refractivity contribution in [2.75, 3.05) is 5.88 Å². The van der Waals surface area contributed by atoms with Gasteiger partial charge in [0.05, 0.1) is 4.92 Å². The molecular weight excluding hydrogens is 268 g/mol. The van der Waals surface area contributed by atoms with Crippen LogP contribution in [0.3, 0.4) is 0 Å². The molecule has 1 amide bonds. The van der Waals surface area contributed by atoms with Gasteiger partial charge in [-0.1, -0.05) is 13.0 Å². The number of nitrogens with one attached hydrogen (secondary N) is 1. The van der Waals surface area contributed by atoms with E-state index in [2.05, 4.69) is 5.32 Å². The first-order chi connectivity index (χ1) is 8.86. The Morgan fingerprint density at radius 2 is 2.11 bits per heavy atom. The summed E-state index contributed by atoms with van der Waals surface area (Å²) in [5.74, 6) is 0.244. The maximum absolute atomic E-state index is 12.0. The molecule has 0 aromatic heterocycles. The number of halogens is 1. The van der Waals surface area contributed by atoms with Gasteiger partial charge in [0.2, 0.25) is 0 Å². The van der Waals surface area contributed by atoms with Crippen molar-refractivity contribution >= 4 is 23.2 Å². The van der Waals surface area contributed by atoms with Crippen LogP contribution in [0, 0.1) is 23.0 Å². The zero-order valence-electron chi connectivity index (χ0n) is 11.1. The summed E-state index contributed by atoms with van der Waals surface area (Å²) >= 11 is 5.72. The second-order valence-corrected chi connectivity index (χ2v) is 4.96. The number of nitro benzene ring substituents is 1. The van der Waals surface area contributed by atoms with Crippen molar-refractivity contribution in [2.45, 2.75) is 26.8 Å². The monoisotopic (exact) mass is 284 g/mol. The first-order valence-corrected chi connectivity index (χ1v) is 6.52. The molecule has 5 nitrogen and oxygen atoms in total. The Hall–Kier alpha value is -1.62. The molecule has 0 fully saturated rings. The molecule has 104 valence electrons. The van der Waals surface area contributed by atoms with Crippen molar-refractivity contribution in [3.05, 3.63) is 39.4 Å².